The van der Waals surface area contributed by atoms with E-state index in [1.165, 1.54) is 39.1 Å². The van der Waals surface area contributed by atoms with Crippen LogP contribution in [-0.2, 0) is 4.74 Å². The number of nitrogens with zero attached hydrogens (tertiary/aromatic N) is 2. The molecule has 94 valence electrons. The molecule has 0 aliphatic carbocycles. The average Bonchev–Trinajstić information content (AvgIpc) is 2.33. The summed E-state index contributed by atoms with van der Waals surface area (Å²) in [5.41, 5.74) is 0. The second-order valence-corrected chi connectivity index (χ2v) is 4.87. The lowest BCUT2D eigenvalue weighted by atomic mass is 10.2. The highest BCUT2D eigenvalue weighted by Gasteiger charge is 2.20. The molecule has 2 rings (SSSR count). The number of rotatable bonds is 4. The van der Waals surface area contributed by atoms with Gasteiger partial charge in [0.1, 0.15) is 0 Å². The fraction of sp³-hybridized carbons (Fsp3) is 1.00. The summed E-state index contributed by atoms with van der Waals surface area (Å²) in [6, 6.07) is 0.548. The molecule has 16 heavy (non-hydrogen) atoms. The molecule has 0 bridgehead atoms. The van der Waals surface area contributed by atoms with Crippen molar-refractivity contribution in [3.63, 3.8) is 0 Å². The summed E-state index contributed by atoms with van der Waals surface area (Å²) in [5, 5.41) is 3.52. The predicted octanol–water partition coefficient (Wildman–Crippen LogP) is 0.00240. The summed E-state index contributed by atoms with van der Waals surface area (Å²) >= 11 is 0. The van der Waals surface area contributed by atoms with E-state index in [-0.39, 0.29) is 0 Å². The zero-order valence-corrected chi connectivity index (χ0v) is 10.5. The fourth-order valence-electron chi connectivity index (χ4n) is 2.56. The number of hydrogen-bond donors (Lipinski definition) is 1. The third-order valence-corrected chi connectivity index (χ3v) is 3.48. The zero-order valence-electron chi connectivity index (χ0n) is 10.5. The van der Waals surface area contributed by atoms with E-state index in [9.17, 15) is 0 Å². The lowest BCUT2D eigenvalue weighted by molar-refractivity contribution is 0.0504. The van der Waals surface area contributed by atoms with Crippen LogP contribution in [-0.4, -0.2) is 74.9 Å². The maximum atomic E-state index is 5.48. The van der Waals surface area contributed by atoms with E-state index in [2.05, 4.69) is 22.0 Å². The largest absolute Gasteiger partial charge is 0.378 e. The molecule has 4 heteroatoms. The first-order valence-corrected chi connectivity index (χ1v) is 6.64. The van der Waals surface area contributed by atoms with Crippen molar-refractivity contribution in [2.24, 2.45) is 0 Å². The Kier molecular flexibility index (Phi) is 5.03. The molecule has 0 amide bonds. The molecule has 2 aliphatic rings. The smallest absolute Gasteiger partial charge is 0.0632 e. The highest BCUT2D eigenvalue weighted by Crippen LogP contribution is 2.04. The Hall–Kier alpha value is -0.160. The molecule has 0 radical (unpaired) electrons. The highest BCUT2D eigenvalue weighted by molar-refractivity contribution is 4.78. The Bertz CT molecular complexity index is 187. The maximum Gasteiger partial charge on any atom is 0.0632 e. The van der Waals surface area contributed by atoms with E-state index < -0.39 is 0 Å². The Morgan fingerprint density at radius 2 is 1.94 bits per heavy atom. The van der Waals surface area contributed by atoms with Gasteiger partial charge in [-0.3, -0.25) is 4.90 Å². The molecule has 1 atom stereocenters. The molecule has 2 fully saturated rings. The van der Waals surface area contributed by atoms with Gasteiger partial charge in [-0.2, -0.15) is 0 Å². The van der Waals surface area contributed by atoms with E-state index in [0.29, 0.717) is 6.04 Å². The Morgan fingerprint density at radius 3 is 2.56 bits per heavy atom. The Labute approximate surface area is 98.9 Å². The molecule has 0 aromatic heterocycles. The van der Waals surface area contributed by atoms with E-state index >= 15 is 0 Å². The minimum atomic E-state index is 0.548. The molecule has 0 spiro atoms. The van der Waals surface area contributed by atoms with Crippen LogP contribution in [0.3, 0.4) is 0 Å². The summed E-state index contributed by atoms with van der Waals surface area (Å²) in [6.45, 7) is 12.4. The van der Waals surface area contributed by atoms with Crippen LogP contribution in [0.5, 0.6) is 0 Å². The van der Waals surface area contributed by atoms with Crippen LogP contribution in [0.1, 0.15) is 13.3 Å². The summed E-state index contributed by atoms with van der Waals surface area (Å²) in [4.78, 5) is 5.14. The Balaban J connectivity index is 1.64. The maximum absolute atomic E-state index is 5.48. The van der Waals surface area contributed by atoms with Crippen LogP contribution in [0, 0.1) is 0 Å². The lowest BCUT2D eigenvalue weighted by Gasteiger charge is -2.37. The first-order chi connectivity index (χ1) is 7.88. The van der Waals surface area contributed by atoms with Gasteiger partial charge in [0.15, 0.2) is 0 Å². The summed E-state index contributed by atoms with van der Waals surface area (Å²) < 4.78 is 5.48. The molecule has 4 nitrogen and oxygen atoms in total. The standard InChI is InChI=1S/C12H25N3O/c1-2-4-14-5-7-15(8-6-14)10-12-11-16-9-3-13-12/h12-13H,2-11H2,1H3. The van der Waals surface area contributed by atoms with Crippen LogP contribution < -0.4 is 5.32 Å². The van der Waals surface area contributed by atoms with Gasteiger partial charge in [-0.1, -0.05) is 6.92 Å². The van der Waals surface area contributed by atoms with E-state index in [1.807, 2.05) is 0 Å². The van der Waals surface area contributed by atoms with Crippen molar-refractivity contribution in [3.05, 3.63) is 0 Å². The van der Waals surface area contributed by atoms with Crippen LogP contribution >= 0.6 is 0 Å². The molecule has 0 aromatic rings. The Morgan fingerprint density at radius 1 is 1.19 bits per heavy atom. The molecule has 2 heterocycles. The first kappa shape index (κ1) is 12.3. The number of hydrogen-bond acceptors (Lipinski definition) is 4. The quantitative estimate of drug-likeness (QED) is 0.732. The van der Waals surface area contributed by atoms with Gasteiger partial charge < -0.3 is 15.0 Å². The molecule has 1 N–H and O–H groups in total. The van der Waals surface area contributed by atoms with Crippen LogP contribution in [0.25, 0.3) is 0 Å². The molecule has 0 saturated carbocycles. The van der Waals surface area contributed by atoms with Crippen molar-refractivity contribution < 1.29 is 4.74 Å². The minimum Gasteiger partial charge on any atom is -0.378 e. The van der Waals surface area contributed by atoms with Crippen LogP contribution in [0.2, 0.25) is 0 Å². The van der Waals surface area contributed by atoms with Crippen molar-refractivity contribution in [2.75, 3.05) is 59.0 Å². The third-order valence-electron chi connectivity index (χ3n) is 3.48. The second-order valence-electron chi connectivity index (χ2n) is 4.87. The molecule has 0 aromatic carbocycles. The molecule has 2 aliphatic heterocycles. The number of morpholine rings is 1. The van der Waals surface area contributed by atoms with Crippen molar-refractivity contribution in [1.82, 2.24) is 15.1 Å². The number of nitrogens with one attached hydrogen (secondary N) is 1. The minimum absolute atomic E-state index is 0.548. The van der Waals surface area contributed by atoms with Gasteiger partial charge in [0.2, 0.25) is 0 Å². The molecule has 1 unspecified atom stereocenters. The second kappa shape index (κ2) is 6.55. The monoisotopic (exact) mass is 227 g/mol. The van der Waals surface area contributed by atoms with E-state index in [4.69, 9.17) is 4.74 Å². The summed E-state index contributed by atoms with van der Waals surface area (Å²) in [5.74, 6) is 0. The zero-order chi connectivity index (χ0) is 11.2. The van der Waals surface area contributed by atoms with E-state index in [0.717, 1.165) is 26.3 Å². The number of ether oxygens (including phenoxy) is 1. The van der Waals surface area contributed by atoms with Crippen molar-refractivity contribution in [1.29, 1.82) is 0 Å². The predicted molar refractivity (Wildman–Crippen MR) is 65.8 cm³/mol. The van der Waals surface area contributed by atoms with Gasteiger partial charge in [0.25, 0.3) is 0 Å². The third kappa shape index (κ3) is 3.70. The average molecular weight is 227 g/mol. The van der Waals surface area contributed by atoms with Crippen molar-refractivity contribution in [3.8, 4) is 0 Å². The lowest BCUT2D eigenvalue weighted by Crippen LogP contribution is -2.53. The van der Waals surface area contributed by atoms with Gasteiger partial charge in [0.05, 0.1) is 13.2 Å². The summed E-state index contributed by atoms with van der Waals surface area (Å²) in [6.07, 6.45) is 1.28. The molecule has 2 saturated heterocycles. The van der Waals surface area contributed by atoms with Gasteiger partial charge in [0, 0.05) is 45.3 Å². The summed E-state index contributed by atoms with van der Waals surface area (Å²) in [7, 11) is 0. The van der Waals surface area contributed by atoms with Crippen molar-refractivity contribution >= 4 is 0 Å². The van der Waals surface area contributed by atoms with Crippen LogP contribution in [0.15, 0.2) is 0 Å². The molecular weight excluding hydrogens is 202 g/mol. The SMILES string of the molecule is CCCN1CCN(CC2COCCN2)CC1. The van der Waals surface area contributed by atoms with Crippen molar-refractivity contribution in [2.45, 2.75) is 19.4 Å². The normalized spacial score (nSPS) is 29.4. The van der Waals surface area contributed by atoms with Crippen LogP contribution in [0.4, 0.5) is 0 Å². The highest BCUT2D eigenvalue weighted by atomic mass is 16.5. The van der Waals surface area contributed by atoms with Gasteiger partial charge in [-0.15, -0.1) is 0 Å². The van der Waals surface area contributed by atoms with Gasteiger partial charge in [-0.05, 0) is 13.0 Å². The van der Waals surface area contributed by atoms with E-state index in [1.54, 1.807) is 0 Å². The molecular formula is C12H25N3O. The van der Waals surface area contributed by atoms with Gasteiger partial charge in [-0.25, -0.2) is 0 Å². The van der Waals surface area contributed by atoms with Gasteiger partial charge >= 0.3 is 0 Å². The topological polar surface area (TPSA) is 27.7 Å². The first-order valence-electron chi connectivity index (χ1n) is 6.64. The number of piperazine rings is 1. The fourth-order valence-corrected chi connectivity index (χ4v) is 2.56.